The summed E-state index contributed by atoms with van der Waals surface area (Å²) in [6.45, 7) is 4.04. The molecule has 0 radical (unpaired) electrons. The smallest absolute Gasteiger partial charge is 0.338 e. The van der Waals surface area contributed by atoms with Gasteiger partial charge in [-0.05, 0) is 49.7 Å². The Morgan fingerprint density at radius 3 is 2.96 bits per heavy atom. The van der Waals surface area contributed by atoms with E-state index in [2.05, 4.69) is 20.4 Å². The van der Waals surface area contributed by atoms with Crippen LogP contribution in [0.4, 0.5) is 11.6 Å². The minimum absolute atomic E-state index is 0.334. The zero-order valence-corrected chi connectivity index (χ0v) is 15.0. The summed E-state index contributed by atoms with van der Waals surface area (Å²) < 4.78 is 6.78. The fourth-order valence-corrected chi connectivity index (χ4v) is 2.93. The first-order valence-corrected chi connectivity index (χ1v) is 8.52. The second kappa shape index (κ2) is 6.34. The van der Waals surface area contributed by atoms with Crippen LogP contribution in [0.5, 0.6) is 0 Å². The van der Waals surface area contributed by atoms with Gasteiger partial charge in [-0.25, -0.2) is 14.3 Å². The fraction of sp³-hybridized carbons (Fsp3) is 0.167. The highest BCUT2D eigenvalue weighted by Crippen LogP contribution is 2.26. The lowest BCUT2D eigenvalue weighted by Crippen LogP contribution is -2.04. The standard InChI is InChI=1S/C18H16ClN5O2/c1-3-26-16(25)11-7-8-15-14(9-11)21-18-22-17(23-24(15)18)20-13-6-4-5-12(19)10(13)2/h4-9H,3H2,1-2H3,(H2,20,21,22,23). The number of aromatic nitrogens is 4. The van der Waals surface area contributed by atoms with Crippen molar-refractivity contribution in [3.63, 3.8) is 0 Å². The molecule has 2 aromatic heterocycles. The van der Waals surface area contributed by atoms with Crippen molar-refractivity contribution in [2.75, 3.05) is 11.9 Å². The molecule has 0 saturated carbocycles. The lowest BCUT2D eigenvalue weighted by molar-refractivity contribution is 0.0526. The minimum atomic E-state index is -0.363. The number of carbonyl (C=O) groups is 1. The van der Waals surface area contributed by atoms with Crippen LogP contribution >= 0.6 is 11.6 Å². The number of benzene rings is 2. The number of ether oxygens (including phenoxy) is 1. The Balaban J connectivity index is 1.70. The van der Waals surface area contributed by atoms with Gasteiger partial charge in [0.15, 0.2) is 0 Å². The molecule has 0 aliphatic carbocycles. The Bertz CT molecular complexity index is 1130. The number of anilines is 2. The molecule has 2 aromatic carbocycles. The molecule has 0 atom stereocenters. The summed E-state index contributed by atoms with van der Waals surface area (Å²) in [4.78, 5) is 20.8. The van der Waals surface area contributed by atoms with E-state index in [1.807, 2.05) is 31.2 Å². The van der Waals surface area contributed by atoms with Crippen LogP contribution < -0.4 is 5.32 Å². The maximum Gasteiger partial charge on any atom is 0.338 e. The normalized spacial score (nSPS) is 11.2. The number of rotatable bonds is 4. The molecule has 2 heterocycles. The highest BCUT2D eigenvalue weighted by molar-refractivity contribution is 6.31. The first-order valence-electron chi connectivity index (χ1n) is 8.14. The van der Waals surface area contributed by atoms with Crippen molar-refractivity contribution >= 4 is 46.0 Å². The van der Waals surface area contributed by atoms with Crippen molar-refractivity contribution in [3.05, 3.63) is 52.5 Å². The molecule has 2 N–H and O–H groups in total. The maximum absolute atomic E-state index is 11.9. The number of aromatic amines is 1. The lowest BCUT2D eigenvalue weighted by atomic mass is 10.2. The summed E-state index contributed by atoms with van der Waals surface area (Å²) >= 11 is 6.15. The third kappa shape index (κ3) is 2.76. The first kappa shape index (κ1) is 16.4. The molecule has 4 aromatic rings. The van der Waals surface area contributed by atoms with Gasteiger partial charge in [0.1, 0.15) is 0 Å². The summed E-state index contributed by atoms with van der Waals surface area (Å²) in [5.41, 5.74) is 3.75. The predicted octanol–water partition coefficient (Wildman–Crippen LogP) is 4.09. The van der Waals surface area contributed by atoms with E-state index in [1.54, 1.807) is 23.6 Å². The van der Waals surface area contributed by atoms with Crippen LogP contribution in [-0.2, 0) is 4.74 Å². The molecular formula is C18H16ClN5O2. The van der Waals surface area contributed by atoms with Gasteiger partial charge in [-0.15, -0.1) is 0 Å². The van der Waals surface area contributed by atoms with E-state index in [-0.39, 0.29) is 5.97 Å². The lowest BCUT2D eigenvalue weighted by Gasteiger charge is -2.07. The molecule has 0 fully saturated rings. The number of esters is 1. The molecule has 8 heteroatoms. The third-order valence-corrected chi connectivity index (χ3v) is 4.51. The zero-order chi connectivity index (χ0) is 18.3. The molecule has 0 bridgehead atoms. The highest BCUT2D eigenvalue weighted by atomic mass is 35.5. The van der Waals surface area contributed by atoms with Gasteiger partial charge in [0, 0.05) is 10.7 Å². The average molecular weight is 370 g/mol. The van der Waals surface area contributed by atoms with Crippen LogP contribution in [0.15, 0.2) is 36.4 Å². The minimum Gasteiger partial charge on any atom is -0.462 e. The van der Waals surface area contributed by atoms with Crippen molar-refractivity contribution < 1.29 is 9.53 Å². The number of imidazole rings is 1. The average Bonchev–Trinajstić information content (AvgIpc) is 3.15. The van der Waals surface area contributed by atoms with Gasteiger partial charge >= 0.3 is 5.97 Å². The summed E-state index contributed by atoms with van der Waals surface area (Å²) in [6, 6.07) is 10.9. The topological polar surface area (TPSA) is 84.3 Å². The van der Waals surface area contributed by atoms with Crippen LogP contribution in [0.3, 0.4) is 0 Å². The quantitative estimate of drug-likeness (QED) is 0.529. The van der Waals surface area contributed by atoms with E-state index < -0.39 is 0 Å². The Kier molecular flexibility index (Phi) is 4.00. The Morgan fingerprint density at radius 2 is 2.15 bits per heavy atom. The van der Waals surface area contributed by atoms with Crippen molar-refractivity contribution in [1.29, 1.82) is 0 Å². The van der Waals surface area contributed by atoms with Gasteiger partial charge in [-0.1, -0.05) is 17.7 Å². The van der Waals surface area contributed by atoms with Crippen LogP contribution in [0.2, 0.25) is 5.02 Å². The van der Waals surface area contributed by atoms with Gasteiger partial charge in [0.2, 0.25) is 5.95 Å². The van der Waals surface area contributed by atoms with Gasteiger partial charge < -0.3 is 10.1 Å². The van der Waals surface area contributed by atoms with Crippen molar-refractivity contribution in [2.45, 2.75) is 13.8 Å². The van der Waals surface area contributed by atoms with E-state index in [4.69, 9.17) is 16.3 Å². The summed E-state index contributed by atoms with van der Waals surface area (Å²) in [5.74, 6) is 0.690. The monoisotopic (exact) mass is 369 g/mol. The van der Waals surface area contributed by atoms with Gasteiger partial charge in [-0.3, -0.25) is 5.10 Å². The van der Waals surface area contributed by atoms with E-state index in [0.717, 1.165) is 16.8 Å². The molecule has 7 nitrogen and oxygen atoms in total. The van der Waals surface area contributed by atoms with E-state index in [0.29, 0.717) is 34.4 Å². The molecule has 0 aliphatic heterocycles. The second-order valence-electron chi connectivity index (χ2n) is 5.78. The Labute approximate surface area is 153 Å². The number of nitrogens with zero attached hydrogens (tertiary/aromatic N) is 3. The number of halogens is 1. The summed E-state index contributed by atoms with van der Waals surface area (Å²) in [7, 11) is 0. The maximum atomic E-state index is 11.9. The van der Waals surface area contributed by atoms with Gasteiger partial charge in [-0.2, -0.15) is 4.98 Å². The molecule has 0 saturated heterocycles. The van der Waals surface area contributed by atoms with E-state index in [9.17, 15) is 4.79 Å². The third-order valence-electron chi connectivity index (χ3n) is 4.10. The molecule has 132 valence electrons. The molecule has 0 unspecified atom stereocenters. The van der Waals surface area contributed by atoms with Crippen molar-refractivity contribution in [1.82, 2.24) is 19.6 Å². The second-order valence-corrected chi connectivity index (χ2v) is 6.19. The number of nitrogens with one attached hydrogen (secondary N) is 2. The fourth-order valence-electron chi connectivity index (χ4n) is 2.75. The van der Waals surface area contributed by atoms with E-state index in [1.165, 1.54) is 0 Å². The van der Waals surface area contributed by atoms with Gasteiger partial charge in [0.25, 0.3) is 5.78 Å². The first-order chi connectivity index (χ1) is 12.6. The van der Waals surface area contributed by atoms with Crippen LogP contribution in [-0.4, -0.2) is 32.2 Å². The SMILES string of the molecule is CCOC(=O)c1ccc2c(c1)nc1nc(Nc3cccc(Cl)c3C)[nH]n12. The Hall–Kier alpha value is -3.06. The molecule has 26 heavy (non-hydrogen) atoms. The number of hydrogen-bond donors (Lipinski definition) is 2. The zero-order valence-electron chi connectivity index (χ0n) is 14.2. The van der Waals surface area contributed by atoms with Crippen molar-refractivity contribution in [3.8, 4) is 0 Å². The molecule has 0 spiro atoms. The number of carbonyl (C=O) groups excluding carboxylic acids is 1. The summed E-state index contributed by atoms with van der Waals surface area (Å²) in [5, 5.41) is 7.06. The van der Waals surface area contributed by atoms with Crippen LogP contribution in [0.25, 0.3) is 16.8 Å². The molecular weight excluding hydrogens is 354 g/mol. The number of H-pyrrole nitrogens is 1. The van der Waals surface area contributed by atoms with Crippen LogP contribution in [0, 0.1) is 6.92 Å². The largest absolute Gasteiger partial charge is 0.462 e. The van der Waals surface area contributed by atoms with Gasteiger partial charge in [0.05, 0.1) is 23.2 Å². The molecule has 4 rings (SSSR count). The highest BCUT2D eigenvalue weighted by Gasteiger charge is 2.14. The number of hydrogen-bond acceptors (Lipinski definition) is 5. The predicted molar refractivity (Wildman–Crippen MR) is 100 cm³/mol. The molecule has 0 aliphatic rings. The Morgan fingerprint density at radius 1 is 1.31 bits per heavy atom. The van der Waals surface area contributed by atoms with E-state index >= 15 is 0 Å². The summed E-state index contributed by atoms with van der Waals surface area (Å²) in [6.07, 6.45) is 0. The van der Waals surface area contributed by atoms with Crippen molar-refractivity contribution in [2.24, 2.45) is 0 Å². The number of fused-ring (bicyclic) bond motifs is 3. The molecule has 0 amide bonds. The van der Waals surface area contributed by atoms with Crippen LogP contribution in [0.1, 0.15) is 22.8 Å².